The van der Waals surface area contributed by atoms with Gasteiger partial charge in [0, 0.05) is 26.2 Å². The minimum absolute atomic E-state index is 0.00327. The highest BCUT2D eigenvalue weighted by Crippen LogP contribution is 2.38. The SMILES string of the molecule is CN1CCCN(C(=O)/C=C/c2cc3c(cc2[N+](=O)[O-])OCO3)c2nc3ccccc3nc21. The van der Waals surface area contributed by atoms with E-state index in [2.05, 4.69) is 0 Å². The van der Waals surface area contributed by atoms with Crippen LogP contribution in [-0.4, -0.2) is 47.7 Å². The Labute approximate surface area is 182 Å². The molecule has 0 unspecified atom stereocenters. The van der Waals surface area contributed by atoms with Gasteiger partial charge in [-0.25, -0.2) is 9.97 Å². The van der Waals surface area contributed by atoms with Crippen LogP contribution in [0.15, 0.2) is 42.5 Å². The second-order valence-corrected chi connectivity index (χ2v) is 7.48. The van der Waals surface area contributed by atoms with Crippen molar-refractivity contribution in [3.63, 3.8) is 0 Å². The fourth-order valence-electron chi connectivity index (χ4n) is 3.80. The number of para-hydroxylation sites is 2. The molecule has 32 heavy (non-hydrogen) atoms. The van der Waals surface area contributed by atoms with E-state index < -0.39 is 4.92 Å². The number of carbonyl (C=O) groups is 1. The Balaban J connectivity index is 1.52. The average molecular weight is 433 g/mol. The number of hydrogen-bond donors (Lipinski definition) is 0. The molecule has 0 radical (unpaired) electrons. The molecule has 10 nitrogen and oxygen atoms in total. The van der Waals surface area contributed by atoms with Crippen LogP contribution in [0.25, 0.3) is 17.1 Å². The fraction of sp³-hybridized carbons (Fsp3) is 0.227. The molecule has 162 valence electrons. The van der Waals surface area contributed by atoms with Gasteiger partial charge in [-0.3, -0.25) is 19.8 Å². The summed E-state index contributed by atoms with van der Waals surface area (Å²) in [7, 11) is 1.92. The number of nitrogens with zero attached hydrogens (tertiary/aromatic N) is 5. The summed E-state index contributed by atoms with van der Waals surface area (Å²) in [5.74, 6) is 1.47. The predicted octanol–water partition coefficient (Wildman–Crippen LogP) is 3.15. The molecule has 1 aromatic heterocycles. The minimum Gasteiger partial charge on any atom is -0.454 e. The quantitative estimate of drug-likeness (QED) is 0.352. The summed E-state index contributed by atoms with van der Waals surface area (Å²) in [6.07, 6.45) is 3.47. The van der Waals surface area contributed by atoms with Crippen molar-refractivity contribution in [2.75, 3.05) is 36.7 Å². The van der Waals surface area contributed by atoms with Crippen molar-refractivity contribution in [1.82, 2.24) is 9.97 Å². The molecular formula is C22H19N5O5. The van der Waals surface area contributed by atoms with Crippen LogP contribution >= 0.6 is 0 Å². The van der Waals surface area contributed by atoms with E-state index in [-0.39, 0.29) is 24.0 Å². The third-order valence-electron chi connectivity index (χ3n) is 5.42. The lowest BCUT2D eigenvalue weighted by atomic mass is 10.1. The third kappa shape index (κ3) is 3.45. The zero-order valence-electron chi connectivity index (χ0n) is 17.2. The van der Waals surface area contributed by atoms with Crippen LogP contribution in [0.4, 0.5) is 17.3 Å². The number of ether oxygens (including phenoxy) is 2. The minimum atomic E-state index is -0.514. The van der Waals surface area contributed by atoms with Gasteiger partial charge in [-0.2, -0.15) is 0 Å². The summed E-state index contributed by atoms with van der Waals surface area (Å²) in [6.45, 7) is 1.18. The van der Waals surface area contributed by atoms with E-state index in [0.29, 0.717) is 35.2 Å². The monoisotopic (exact) mass is 433 g/mol. The highest BCUT2D eigenvalue weighted by atomic mass is 16.7. The Morgan fingerprint density at radius 2 is 1.78 bits per heavy atom. The summed E-state index contributed by atoms with van der Waals surface area (Å²) >= 11 is 0. The Bertz CT molecular complexity index is 1280. The summed E-state index contributed by atoms with van der Waals surface area (Å²) in [5.41, 5.74) is 1.53. The van der Waals surface area contributed by atoms with Crippen LogP contribution in [-0.2, 0) is 4.79 Å². The van der Waals surface area contributed by atoms with Gasteiger partial charge in [0.1, 0.15) is 0 Å². The first kappa shape index (κ1) is 19.7. The number of benzene rings is 2. The van der Waals surface area contributed by atoms with Crippen molar-refractivity contribution >= 4 is 40.3 Å². The molecular weight excluding hydrogens is 414 g/mol. The highest BCUT2D eigenvalue weighted by Gasteiger charge is 2.26. The number of aromatic nitrogens is 2. The molecule has 0 spiro atoms. The van der Waals surface area contributed by atoms with Gasteiger partial charge >= 0.3 is 0 Å². The second-order valence-electron chi connectivity index (χ2n) is 7.48. The molecule has 0 aliphatic carbocycles. The van der Waals surface area contributed by atoms with Crippen molar-refractivity contribution < 1.29 is 19.2 Å². The van der Waals surface area contributed by atoms with Gasteiger partial charge in [0.05, 0.1) is 27.6 Å². The van der Waals surface area contributed by atoms with Gasteiger partial charge in [0.15, 0.2) is 23.1 Å². The molecule has 2 aliphatic rings. The molecule has 0 N–H and O–H groups in total. The van der Waals surface area contributed by atoms with Crippen LogP contribution < -0.4 is 19.3 Å². The van der Waals surface area contributed by atoms with E-state index in [0.717, 1.165) is 18.5 Å². The van der Waals surface area contributed by atoms with Gasteiger partial charge in [0.25, 0.3) is 11.6 Å². The number of hydrogen-bond acceptors (Lipinski definition) is 8. The molecule has 5 rings (SSSR count). The smallest absolute Gasteiger partial charge is 0.280 e. The van der Waals surface area contributed by atoms with Crippen molar-refractivity contribution in [3.8, 4) is 11.5 Å². The highest BCUT2D eigenvalue weighted by molar-refractivity contribution is 6.05. The van der Waals surface area contributed by atoms with E-state index in [1.807, 2.05) is 36.2 Å². The number of anilines is 2. The van der Waals surface area contributed by atoms with Gasteiger partial charge < -0.3 is 14.4 Å². The van der Waals surface area contributed by atoms with Crippen LogP contribution in [0.1, 0.15) is 12.0 Å². The van der Waals surface area contributed by atoms with Crippen LogP contribution in [0.2, 0.25) is 0 Å². The Kier molecular flexibility index (Phi) is 4.81. The number of nitro groups is 1. The fourth-order valence-corrected chi connectivity index (χ4v) is 3.80. The van der Waals surface area contributed by atoms with E-state index in [1.54, 1.807) is 4.90 Å². The maximum absolute atomic E-state index is 13.2. The van der Waals surface area contributed by atoms with Gasteiger partial charge in [-0.1, -0.05) is 12.1 Å². The Morgan fingerprint density at radius 3 is 2.50 bits per heavy atom. The van der Waals surface area contributed by atoms with Crippen LogP contribution in [0.3, 0.4) is 0 Å². The standard InChI is InChI=1S/C22H19N5O5/c1-25-9-4-10-26(22-21(25)23-15-5-2-3-6-16(15)24-22)20(28)8-7-14-11-18-19(32-13-31-18)12-17(14)27(29)30/h2-3,5-8,11-12H,4,9-10,13H2,1H3/b8-7+. The zero-order chi connectivity index (χ0) is 22.2. The molecule has 2 aliphatic heterocycles. The van der Waals surface area contributed by atoms with Crippen molar-refractivity contribution in [2.24, 2.45) is 0 Å². The number of nitro benzene ring substituents is 1. The Morgan fingerprint density at radius 1 is 1.09 bits per heavy atom. The molecule has 0 atom stereocenters. The van der Waals surface area contributed by atoms with E-state index >= 15 is 0 Å². The molecule has 0 bridgehead atoms. The molecule has 0 fully saturated rings. The van der Waals surface area contributed by atoms with Crippen LogP contribution in [0.5, 0.6) is 11.5 Å². The molecule has 1 amide bonds. The summed E-state index contributed by atoms with van der Waals surface area (Å²) in [5, 5.41) is 11.5. The summed E-state index contributed by atoms with van der Waals surface area (Å²) in [6, 6.07) is 10.3. The average Bonchev–Trinajstić information content (AvgIpc) is 3.19. The lowest BCUT2D eigenvalue weighted by Crippen LogP contribution is -2.30. The van der Waals surface area contributed by atoms with Crippen molar-refractivity contribution in [1.29, 1.82) is 0 Å². The van der Waals surface area contributed by atoms with Gasteiger partial charge in [0.2, 0.25) is 6.79 Å². The lowest BCUT2D eigenvalue weighted by Gasteiger charge is -2.21. The van der Waals surface area contributed by atoms with Crippen molar-refractivity contribution in [3.05, 3.63) is 58.2 Å². The molecule has 10 heteroatoms. The zero-order valence-corrected chi connectivity index (χ0v) is 17.2. The summed E-state index contributed by atoms with van der Waals surface area (Å²) in [4.78, 5) is 37.1. The molecule has 2 aromatic carbocycles. The molecule has 3 heterocycles. The maximum Gasteiger partial charge on any atom is 0.280 e. The molecule has 3 aromatic rings. The first-order chi connectivity index (χ1) is 15.5. The van der Waals surface area contributed by atoms with Gasteiger partial charge in [-0.05, 0) is 30.7 Å². The van der Waals surface area contributed by atoms with E-state index in [9.17, 15) is 14.9 Å². The van der Waals surface area contributed by atoms with E-state index in [4.69, 9.17) is 19.4 Å². The summed E-state index contributed by atoms with van der Waals surface area (Å²) < 4.78 is 10.5. The first-order valence-corrected chi connectivity index (χ1v) is 10.1. The number of rotatable bonds is 3. The normalized spacial score (nSPS) is 15.2. The van der Waals surface area contributed by atoms with E-state index in [1.165, 1.54) is 24.3 Å². The van der Waals surface area contributed by atoms with Crippen molar-refractivity contribution in [2.45, 2.75) is 6.42 Å². The largest absolute Gasteiger partial charge is 0.454 e. The number of carbonyl (C=O) groups excluding carboxylic acids is 1. The topological polar surface area (TPSA) is 111 Å². The van der Waals surface area contributed by atoms with Gasteiger partial charge in [-0.15, -0.1) is 0 Å². The lowest BCUT2D eigenvalue weighted by molar-refractivity contribution is -0.385. The Hall–Kier alpha value is -4.21. The molecule has 0 saturated heterocycles. The second kappa shape index (κ2) is 7.80. The van der Waals surface area contributed by atoms with Crippen LogP contribution in [0, 0.1) is 10.1 Å². The maximum atomic E-state index is 13.2. The third-order valence-corrected chi connectivity index (χ3v) is 5.42. The number of amides is 1. The first-order valence-electron chi connectivity index (χ1n) is 10.1. The molecule has 0 saturated carbocycles. The predicted molar refractivity (Wildman–Crippen MR) is 118 cm³/mol. The number of fused-ring (bicyclic) bond motifs is 3.